The number of nitrogens with two attached hydrogens (primary N) is 1. The van der Waals surface area contributed by atoms with Crippen LogP contribution in [0.5, 0.6) is 0 Å². The van der Waals surface area contributed by atoms with Crippen molar-refractivity contribution in [3.05, 3.63) is 51.7 Å². The molecule has 2 aromatic rings. The van der Waals surface area contributed by atoms with E-state index in [1.807, 2.05) is 19.2 Å². The summed E-state index contributed by atoms with van der Waals surface area (Å²) < 4.78 is 1.69. The summed E-state index contributed by atoms with van der Waals surface area (Å²) in [6.45, 7) is 4.57. The molecule has 0 amide bonds. The van der Waals surface area contributed by atoms with Crippen molar-refractivity contribution in [1.29, 1.82) is 0 Å². The van der Waals surface area contributed by atoms with Crippen LogP contribution in [0.4, 0.5) is 5.95 Å². The van der Waals surface area contributed by atoms with E-state index in [-0.39, 0.29) is 11.0 Å². The fraction of sp³-hybridized carbons (Fsp3) is 0.545. The molecule has 0 aromatic carbocycles. The number of aromatic nitrogens is 3. The van der Waals surface area contributed by atoms with Gasteiger partial charge in [0.1, 0.15) is 0 Å². The van der Waals surface area contributed by atoms with Crippen molar-refractivity contribution in [2.75, 3.05) is 18.0 Å². The lowest BCUT2D eigenvalue weighted by Crippen LogP contribution is -2.48. The zero-order chi connectivity index (χ0) is 20.2. The van der Waals surface area contributed by atoms with E-state index in [2.05, 4.69) is 21.8 Å². The molecule has 4 heterocycles. The minimum absolute atomic E-state index is 0.0236. The molecule has 2 N–H and O–H groups in total. The lowest BCUT2D eigenvalue weighted by Gasteiger charge is -2.42. The SMILES string of the molecule is C[C@H]1C[C@@H](N)C2(CCN(c3nc4c(c(=O)n3C)C(c3ccncc3)=NC4)CC2)C1. The van der Waals surface area contributed by atoms with Gasteiger partial charge in [0.05, 0.1) is 23.5 Å². The van der Waals surface area contributed by atoms with Crippen molar-refractivity contribution in [1.82, 2.24) is 14.5 Å². The van der Waals surface area contributed by atoms with Gasteiger partial charge in [0, 0.05) is 44.1 Å². The van der Waals surface area contributed by atoms with Crippen molar-refractivity contribution < 1.29 is 0 Å². The Hall–Kier alpha value is -2.54. The van der Waals surface area contributed by atoms with Crippen LogP contribution in [-0.2, 0) is 13.6 Å². The fourth-order valence-electron chi connectivity index (χ4n) is 5.59. The first-order chi connectivity index (χ1) is 14.0. The molecule has 1 saturated heterocycles. The number of fused-ring (bicyclic) bond motifs is 1. The van der Waals surface area contributed by atoms with Crippen LogP contribution in [0.1, 0.15) is 49.4 Å². The molecule has 2 aliphatic heterocycles. The number of piperidine rings is 1. The zero-order valence-electron chi connectivity index (χ0n) is 17.1. The molecule has 29 heavy (non-hydrogen) atoms. The smallest absolute Gasteiger partial charge is 0.264 e. The standard InChI is InChI=1S/C22H28N6O/c1-14-11-17(23)22(12-14)5-9-28(10-6-22)21-26-16-13-25-19(15-3-7-24-8-4-15)18(16)20(29)27(21)2/h3-4,7-8,14,17H,5-6,9-13,23H2,1-2H3/t14-,17+/m0/s1. The summed E-state index contributed by atoms with van der Waals surface area (Å²) in [5.41, 5.74) is 9.80. The summed E-state index contributed by atoms with van der Waals surface area (Å²) in [6.07, 6.45) is 7.95. The summed E-state index contributed by atoms with van der Waals surface area (Å²) in [7, 11) is 1.82. The van der Waals surface area contributed by atoms with Gasteiger partial charge >= 0.3 is 0 Å². The van der Waals surface area contributed by atoms with Gasteiger partial charge in [0.25, 0.3) is 5.56 Å². The van der Waals surface area contributed by atoms with E-state index in [1.165, 1.54) is 6.42 Å². The Morgan fingerprint density at radius 2 is 1.93 bits per heavy atom. The van der Waals surface area contributed by atoms with Crippen LogP contribution < -0.4 is 16.2 Å². The van der Waals surface area contributed by atoms with Crippen LogP contribution in [0.3, 0.4) is 0 Å². The second-order valence-electron chi connectivity index (χ2n) is 9.00. The van der Waals surface area contributed by atoms with Crippen molar-refractivity contribution in [3.8, 4) is 0 Å². The van der Waals surface area contributed by atoms with E-state index in [1.54, 1.807) is 17.0 Å². The second-order valence-corrected chi connectivity index (χ2v) is 9.00. The van der Waals surface area contributed by atoms with Crippen molar-refractivity contribution >= 4 is 11.7 Å². The maximum atomic E-state index is 13.2. The molecule has 2 aromatic heterocycles. The highest BCUT2D eigenvalue weighted by molar-refractivity contribution is 6.14. The third-order valence-corrected chi connectivity index (χ3v) is 7.16. The third-order valence-electron chi connectivity index (χ3n) is 7.16. The first-order valence-electron chi connectivity index (χ1n) is 10.5. The number of aliphatic imine (C=N–C) groups is 1. The lowest BCUT2D eigenvalue weighted by molar-refractivity contribution is 0.192. The van der Waals surface area contributed by atoms with Crippen molar-refractivity contribution in [2.45, 2.75) is 45.2 Å². The highest BCUT2D eigenvalue weighted by Crippen LogP contribution is 2.48. The Balaban J connectivity index is 1.43. The maximum absolute atomic E-state index is 13.2. The molecule has 0 unspecified atom stereocenters. The minimum Gasteiger partial charge on any atom is -0.342 e. The van der Waals surface area contributed by atoms with Gasteiger partial charge in [-0.1, -0.05) is 6.92 Å². The molecule has 152 valence electrons. The minimum atomic E-state index is -0.0236. The maximum Gasteiger partial charge on any atom is 0.264 e. The molecule has 5 rings (SSSR count). The lowest BCUT2D eigenvalue weighted by atomic mass is 9.74. The second kappa shape index (κ2) is 6.76. The van der Waals surface area contributed by atoms with Gasteiger partial charge in [0.15, 0.2) is 0 Å². The molecule has 1 saturated carbocycles. The number of hydrogen-bond acceptors (Lipinski definition) is 6. The van der Waals surface area contributed by atoms with Crippen LogP contribution in [0.15, 0.2) is 34.3 Å². The fourth-order valence-corrected chi connectivity index (χ4v) is 5.59. The molecular weight excluding hydrogens is 364 g/mol. The topological polar surface area (TPSA) is 89.4 Å². The predicted molar refractivity (Wildman–Crippen MR) is 113 cm³/mol. The van der Waals surface area contributed by atoms with E-state index >= 15 is 0 Å². The molecule has 3 aliphatic rings. The number of rotatable bonds is 2. The van der Waals surface area contributed by atoms with Gasteiger partial charge in [-0.25, -0.2) is 4.98 Å². The summed E-state index contributed by atoms with van der Waals surface area (Å²) in [5.74, 6) is 1.47. The van der Waals surface area contributed by atoms with E-state index < -0.39 is 0 Å². The van der Waals surface area contributed by atoms with Gasteiger partial charge in [-0.3, -0.25) is 19.3 Å². The Morgan fingerprint density at radius 3 is 2.59 bits per heavy atom. The predicted octanol–water partition coefficient (Wildman–Crippen LogP) is 1.87. The van der Waals surface area contributed by atoms with E-state index in [0.717, 1.165) is 55.3 Å². The first kappa shape index (κ1) is 18.5. The van der Waals surface area contributed by atoms with Gasteiger partial charge in [-0.15, -0.1) is 0 Å². The van der Waals surface area contributed by atoms with Crippen molar-refractivity contribution in [2.24, 2.45) is 29.1 Å². The monoisotopic (exact) mass is 392 g/mol. The summed E-state index contributed by atoms with van der Waals surface area (Å²) >= 11 is 0. The summed E-state index contributed by atoms with van der Waals surface area (Å²) in [6, 6.07) is 4.07. The Bertz CT molecular complexity index is 1020. The van der Waals surface area contributed by atoms with Crippen LogP contribution in [0.25, 0.3) is 0 Å². The first-order valence-corrected chi connectivity index (χ1v) is 10.5. The summed E-state index contributed by atoms with van der Waals surface area (Å²) in [5, 5.41) is 0. The van der Waals surface area contributed by atoms with Gasteiger partial charge in [-0.05, 0) is 49.1 Å². The zero-order valence-corrected chi connectivity index (χ0v) is 17.1. The number of hydrogen-bond donors (Lipinski definition) is 1. The molecule has 7 nitrogen and oxygen atoms in total. The molecule has 2 atom stereocenters. The number of pyridine rings is 1. The third kappa shape index (κ3) is 2.90. The van der Waals surface area contributed by atoms with E-state index in [4.69, 9.17) is 10.7 Å². The highest BCUT2D eigenvalue weighted by Gasteiger charge is 2.46. The molecule has 0 radical (unpaired) electrons. The largest absolute Gasteiger partial charge is 0.342 e. The molecule has 2 fully saturated rings. The summed E-state index contributed by atoms with van der Waals surface area (Å²) in [4.78, 5) is 29.1. The molecular formula is C22H28N6O. The molecule has 1 spiro atoms. The average Bonchev–Trinajstić information content (AvgIpc) is 3.27. The quantitative estimate of drug-likeness (QED) is 0.843. The van der Waals surface area contributed by atoms with Gasteiger partial charge in [0.2, 0.25) is 5.95 Å². The molecule has 0 bridgehead atoms. The number of nitrogens with zero attached hydrogens (tertiary/aromatic N) is 5. The van der Waals surface area contributed by atoms with Gasteiger partial charge in [-0.2, -0.15) is 0 Å². The molecule has 1 aliphatic carbocycles. The van der Waals surface area contributed by atoms with E-state index in [9.17, 15) is 4.79 Å². The number of anilines is 1. The van der Waals surface area contributed by atoms with Crippen LogP contribution in [0.2, 0.25) is 0 Å². The normalized spacial score (nSPS) is 25.3. The Morgan fingerprint density at radius 1 is 1.21 bits per heavy atom. The van der Waals surface area contributed by atoms with Crippen LogP contribution >= 0.6 is 0 Å². The molecule has 7 heteroatoms. The average molecular weight is 393 g/mol. The highest BCUT2D eigenvalue weighted by atomic mass is 16.1. The van der Waals surface area contributed by atoms with Crippen molar-refractivity contribution in [3.63, 3.8) is 0 Å². The van der Waals surface area contributed by atoms with Crippen LogP contribution in [0, 0.1) is 11.3 Å². The van der Waals surface area contributed by atoms with Crippen LogP contribution in [-0.4, -0.2) is 39.4 Å². The Labute approximate surface area is 170 Å². The van der Waals surface area contributed by atoms with E-state index in [0.29, 0.717) is 24.1 Å². The Kier molecular flexibility index (Phi) is 4.31. The van der Waals surface area contributed by atoms with Gasteiger partial charge < -0.3 is 10.6 Å².